The molecule has 0 spiro atoms. The number of rotatable bonds is 9. The molecule has 0 aromatic carbocycles. The Morgan fingerprint density at radius 1 is 1.08 bits per heavy atom. The van der Waals surface area contributed by atoms with Crippen molar-refractivity contribution in [1.82, 2.24) is 5.32 Å². The second-order valence-corrected chi connectivity index (χ2v) is 3.66. The van der Waals surface area contributed by atoms with Gasteiger partial charge in [-0.3, -0.25) is 0 Å². The highest BCUT2D eigenvalue weighted by molar-refractivity contribution is 4.65. The Morgan fingerprint density at radius 2 is 1.85 bits per heavy atom. The summed E-state index contributed by atoms with van der Waals surface area (Å²) >= 11 is 0. The van der Waals surface area contributed by atoms with Crippen LogP contribution in [0.5, 0.6) is 0 Å². The Hall–Kier alpha value is -0.0800. The molecule has 0 aliphatic heterocycles. The van der Waals surface area contributed by atoms with Crippen LogP contribution in [0.25, 0.3) is 0 Å². The summed E-state index contributed by atoms with van der Waals surface area (Å²) in [6.45, 7) is 5.73. The maximum atomic E-state index is 8.65. The minimum Gasteiger partial charge on any atom is -0.396 e. The fourth-order valence-corrected chi connectivity index (χ4v) is 1.53. The van der Waals surface area contributed by atoms with E-state index in [4.69, 9.17) is 5.11 Å². The van der Waals surface area contributed by atoms with Crippen molar-refractivity contribution in [2.24, 2.45) is 0 Å². The van der Waals surface area contributed by atoms with Crippen molar-refractivity contribution in [2.75, 3.05) is 13.2 Å². The van der Waals surface area contributed by atoms with Gasteiger partial charge in [0, 0.05) is 12.6 Å². The molecule has 0 radical (unpaired) electrons. The molecule has 0 aliphatic rings. The normalized spacial score (nSPS) is 13.2. The quantitative estimate of drug-likeness (QED) is 0.543. The topological polar surface area (TPSA) is 32.3 Å². The van der Waals surface area contributed by atoms with Gasteiger partial charge in [0.05, 0.1) is 0 Å². The standard InChI is InChI=1S/C11H25NO/c1-3-5-8-11(7-4-2)12-9-6-10-13/h11-13H,3-10H2,1-2H3. The molecule has 2 nitrogen and oxygen atoms in total. The van der Waals surface area contributed by atoms with Crippen LogP contribution in [0, 0.1) is 0 Å². The van der Waals surface area contributed by atoms with Gasteiger partial charge in [-0.15, -0.1) is 0 Å². The number of hydrogen-bond donors (Lipinski definition) is 2. The Balaban J connectivity index is 3.41. The molecule has 0 bridgehead atoms. The first kappa shape index (κ1) is 12.9. The predicted molar refractivity (Wildman–Crippen MR) is 57.9 cm³/mol. The number of hydrogen-bond acceptors (Lipinski definition) is 2. The van der Waals surface area contributed by atoms with E-state index in [2.05, 4.69) is 19.2 Å². The summed E-state index contributed by atoms with van der Waals surface area (Å²) in [6.07, 6.45) is 7.28. The molecule has 1 atom stereocenters. The number of aliphatic hydroxyl groups is 1. The van der Waals surface area contributed by atoms with E-state index in [9.17, 15) is 0 Å². The summed E-state index contributed by atoms with van der Waals surface area (Å²) in [7, 11) is 0. The van der Waals surface area contributed by atoms with Gasteiger partial charge in [0.1, 0.15) is 0 Å². The average Bonchev–Trinajstić information content (AvgIpc) is 2.14. The lowest BCUT2D eigenvalue weighted by Gasteiger charge is -2.17. The number of nitrogens with one attached hydrogen (secondary N) is 1. The smallest absolute Gasteiger partial charge is 0.0443 e. The van der Waals surface area contributed by atoms with Crippen molar-refractivity contribution in [3.63, 3.8) is 0 Å². The lowest BCUT2D eigenvalue weighted by molar-refractivity contribution is 0.281. The van der Waals surface area contributed by atoms with Crippen LogP contribution in [-0.4, -0.2) is 24.3 Å². The molecular formula is C11H25NO. The van der Waals surface area contributed by atoms with Gasteiger partial charge in [-0.05, 0) is 25.8 Å². The SMILES string of the molecule is CCCCC(CCC)NCCCO. The second kappa shape index (κ2) is 10.0. The van der Waals surface area contributed by atoms with E-state index in [0.717, 1.165) is 13.0 Å². The van der Waals surface area contributed by atoms with E-state index in [0.29, 0.717) is 12.6 Å². The van der Waals surface area contributed by atoms with Crippen molar-refractivity contribution in [2.45, 2.75) is 58.4 Å². The maximum absolute atomic E-state index is 8.65. The molecule has 0 aliphatic carbocycles. The van der Waals surface area contributed by atoms with Crippen molar-refractivity contribution in [3.05, 3.63) is 0 Å². The van der Waals surface area contributed by atoms with Crippen LogP contribution >= 0.6 is 0 Å². The van der Waals surface area contributed by atoms with Gasteiger partial charge in [-0.1, -0.05) is 33.1 Å². The van der Waals surface area contributed by atoms with E-state index < -0.39 is 0 Å². The van der Waals surface area contributed by atoms with E-state index >= 15 is 0 Å². The van der Waals surface area contributed by atoms with E-state index in [-0.39, 0.29) is 0 Å². The molecule has 80 valence electrons. The van der Waals surface area contributed by atoms with Gasteiger partial charge in [0.15, 0.2) is 0 Å². The monoisotopic (exact) mass is 187 g/mol. The zero-order valence-electron chi connectivity index (χ0n) is 9.18. The molecule has 0 heterocycles. The highest BCUT2D eigenvalue weighted by atomic mass is 16.3. The number of aliphatic hydroxyl groups excluding tert-OH is 1. The van der Waals surface area contributed by atoms with E-state index in [1.54, 1.807) is 0 Å². The fourth-order valence-electron chi connectivity index (χ4n) is 1.53. The van der Waals surface area contributed by atoms with Crippen molar-refractivity contribution >= 4 is 0 Å². The third-order valence-electron chi connectivity index (χ3n) is 2.31. The molecule has 0 saturated carbocycles. The summed E-state index contributed by atoms with van der Waals surface area (Å²) in [5.41, 5.74) is 0. The van der Waals surface area contributed by atoms with E-state index in [1.165, 1.54) is 32.1 Å². The Morgan fingerprint density at radius 3 is 2.38 bits per heavy atom. The lowest BCUT2D eigenvalue weighted by atomic mass is 10.1. The van der Waals surface area contributed by atoms with Gasteiger partial charge in [-0.25, -0.2) is 0 Å². The average molecular weight is 187 g/mol. The summed E-state index contributed by atoms with van der Waals surface area (Å²) in [5.74, 6) is 0. The molecule has 0 aromatic rings. The van der Waals surface area contributed by atoms with Crippen molar-refractivity contribution < 1.29 is 5.11 Å². The molecule has 0 amide bonds. The van der Waals surface area contributed by atoms with Gasteiger partial charge >= 0.3 is 0 Å². The lowest BCUT2D eigenvalue weighted by Crippen LogP contribution is -2.30. The van der Waals surface area contributed by atoms with Crippen LogP contribution in [0.2, 0.25) is 0 Å². The minimum absolute atomic E-state index is 0.305. The van der Waals surface area contributed by atoms with Gasteiger partial charge in [0.25, 0.3) is 0 Å². The Kier molecular flexibility index (Phi) is 9.94. The predicted octanol–water partition coefficient (Wildman–Crippen LogP) is 2.32. The van der Waals surface area contributed by atoms with Crippen molar-refractivity contribution in [1.29, 1.82) is 0 Å². The summed E-state index contributed by atoms with van der Waals surface area (Å²) in [4.78, 5) is 0. The molecule has 2 heteroatoms. The molecule has 1 unspecified atom stereocenters. The summed E-state index contributed by atoms with van der Waals surface area (Å²) in [6, 6.07) is 0.677. The molecule has 0 fully saturated rings. The fraction of sp³-hybridized carbons (Fsp3) is 1.00. The van der Waals surface area contributed by atoms with Gasteiger partial charge in [-0.2, -0.15) is 0 Å². The summed E-state index contributed by atoms with van der Waals surface area (Å²) in [5, 5.41) is 12.1. The Bertz CT molecular complexity index is 96.1. The van der Waals surface area contributed by atoms with E-state index in [1.807, 2.05) is 0 Å². The maximum Gasteiger partial charge on any atom is 0.0443 e. The minimum atomic E-state index is 0.305. The first-order valence-corrected chi connectivity index (χ1v) is 5.69. The second-order valence-electron chi connectivity index (χ2n) is 3.66. The summed E-state index contributed by atoms with van der Waals surface area (Å²) < 4.78 is 0. The molecule has 0 rings (SSSR count). The van der Waals surface area contributed by atoms with Crippen LogP contribution in [0.4, 0.5) is 0 Å². The Labute approximate surface area is 82.7 Å². The third-order valence-corrected chi connectivity index (χ3v) is 2.31. The van der Waals surface area contributed by atoms with Gasteiger partial charge < -0.3 is 10.4 Å². The van der Waals surface area contributed by atoms with Crippen LogP contribution in [0.3, 0.4) is 0 Å². The highest BCUT2D eigenvalue weighted by Crippen LogP contribution is 2.06. The number of unbranched alkanes of at least 4 members (excludes halogenated alkanes) is 1. The highest BCUT2D eigenvalue weighted by Gasteiger charge is 2.04. The zero-order chi connectivity index (χ0) is 9.94. The van der Waals surface area contributed by atoms with Crippen LogP contribution < -0.4 is 5.32 Å². The van der Waals surface area contributed by atoms with Crippen LogP contribution in [-0.2, 0) is 0 Å². The molecular weight excluding hydrogens is 162 g/mol. The third kappa shape index (κ3) is 8.26. The molecule has 0 aromatic heterocycles. The zero-order valence-corrected chi connectivity index (χ0v) is 9.18. The molecule has 0 saturated heterocycles. The first-order valence-electron chi connectivity index (χ1n) is 5.69. The van der Waals surface area contributed by atoms with Crippen LogP contribution in [0.15, 0.2) is 0 Å². The van der Waals surface area contributed by atoms with Crippen LogP contribution in [0.1, 0.15) is 52.4 Å². The first-order chi connectivity index (χ1) is 6.35. The largest absolute Gasteiger partial charge is 0.396 e. The molecule has 2 N–H and O–H groups in total. The van der Waals surface area contributed by atoms with Gasteiger partial charge in [0.2, 0.25) is 0 Å². The molecule has 13 heavy (non-hydrogen) atoms. The van der Waals surface area contributed by atoms with Crippen molar-refractivity contribution in [3.8, 4) is 0 Å².